The van der Waals surface area contributed by atoms with Gasteiger partial charge in [-0.15, -0.1) is 0 Å². The van der Waals surface area contributed by atoms with Crippen LogP contribution < -0.4 is 0 Å². The van der Waals surface area contributed by atoms with Crippen molar-refractivity contribution in [2.45, 2.75) is 64.5 Å². The van der Waals surface area contributed by atoms with E-state index in [1.165, 1.54) is 25.7 Å². The van der Waals surface area contributed by atoms with E-state index in [0.29, 0.717) is 10.7 Å². The summed E-state index contributed by atoms with van der Waals surface area (Å²) in [5.41, 5.74) is 0.293. The zero-order valence-corrected chi connectivity index (χ0v) is 15.0. The van der Waals surface area contributed by atoms with Gasteiger partial charge >= 0.3 is 0 Å². The SMILES string of the molecule is CCN(C1=NC(=O)C2CC(C)(C)CCC2S1)N1CCCCC1. The molecule has 0 radical (unpaired) electrons. The summed E-state index contributed by atoms with van der Waals surface area (Å²) in [4.78, 5) is 17.1. The number of fused-ring (bicyclic) bond motifs is 1. The number of aliphatic imine (C=N–C) groups is 1. The Morgan fingerprint density at radius 2 is 2.05 bits per heavy atom. The third-order valence-corrected chi connectivity index (χ3v) is 6.68. The predicted octanol–water partition coefficient (Wildman–Crippen LogP) is 3.53. The van der Waals surface area contributed by atoms with Gasteiger partial charge in [0.25, 0.3) is 5.91 Å². The number of amidine groups is 1. The smallest absolute Gasteiger partial charge is 0.252 e. The minimum absolute atomic E-state index is 0.127. The molecule has 124 valence electrons. The van der Waals surface area contributed by atoms with Gasteiger partial charge in [-0.1, -0.05) is 32.0 Å². The second-order valence-corrected chi connectivity index (χ2v) is 8.84. The molecule has 4 nitrogen and oxygen atoms in total. The number of nitrogens with zero attached hydrogens (tertiary/aromatic N) is 3. The van der Waals surface area contributed by atoms with Crippen LogP contribution in [0.2, 0.25) is 0 Å². The van der Waals surface area contributed by atoms with E-state index in [4.69, 9.17) is 0 Å². The summed E-state index contributed by atoms with van der Waals surface area (Å²) in [6.45, 7) is 9.84. The summed E-state index contributed by atoms with van der Waals surface area (Å²) in [7, 11) is 0. The van der Waals surface area contributed by atoms with Crippen LogP contribution in [0.3, 0.4) is 0 Å². The van der Waals surface area contributed by atoms with Crippen molar-refractivity contribution < 1.29 is 4.79 Å². The number of thioether (sulfide) groups is 1. The van der Waals surface area contributed by atoms with Gasteiger partial charge in [0.1, 0.15) is 0 Å². The van der Waals surface area contributed by atoms with E-state index in [1.807, 2.05) is 11.8 Å². The highest BCUT2D eigenvalue weighted by atomic mass is 32.2. The number of rotatable bonds is 2. The van der Waals surface area contributed by atoms with Gasteiger partial charge in [0.2, 0.25) is 0 Å². The van der Waals surface area contributed by atoms with Crippen molar-refractivity contribution in [1.29, 1.82) is 0 Å². The summed E-state index contributed by atoms with van der Waals surface area (Å²) in [5.74, 6) is 0.263. The third kappa shape index (κ3) is 3.35. The van der Waals surface area contributed by atoms with Crippen molar-refractivity contribution in [3.8, 4) is 0 Å². The van der Waals surface area contributed by atoms with Crippen molar-refractivity contribution in [3.63, 3.8) is 0 Å². The lowest BCUT2D eigenvalue weighted by atomic mass is 9.71. The van der Waals surface area contributed by atoms with E-state index in [2.05, 4.69) is 35.8 Å². The topological polar surface area (TPSA) is 35.9 Å². The molecule has 2 aliphatic heterocycles. The van der Waals surface area contributed by atoms with Crippen LogP contribution in [0.5, 0.6) is 0 Å². The van der Waals surface area contributed by atoms with Crippen molar-refractivity contribution in [2.75, 3.05) is 19.6 Å². The largest absolute Gasteiger partial charge is 0.284 e. The van der Waals surface area contributed by atoms with Crippen molar-refractivity contribution >= 4 is 22.8 Å². The zero-order valence-electron chi connectivity index (χ0n) is 14.2. The highest BCUT2D eigenvalue weighted by molar-refractivity contribution is 8.14. The average molecular weight is 324 g/mol. The molecule has 2 heterocycles. The van der Waals surface area contributed by atoms with Crippen LogP contribution in [0.25, 0.3) is 0 Å². The molecule has 2 fully saturated rings. The number of amides is 1. The molecule has 5 heteroatoms. The Labute approximate surface area is 138 Å². The van der Waals surface area contributed by atoms with Gasteiger partial charge in [0.15, 0.2) is 5.17 Å². The Balaban J connectivity index is 1.75. The van der Waals surface area contributed by atoms with Crippen LogP contribution in [0, 0.1) is 11.3 Å². The molecule has 3 rings (SSSR count). The van der Waals surface area contributed by atoms with Crippen LogP contribution in [0.4, 0.5) is 0 Å². The van der Waals surface area contributed by atoms with E-state index in [1.54, 1.807) is 0 Å². The first-order valence-electron chi connectivity index (χ1n) is 8.82. The summed E-state index contributed by atoms with van der Waals surface area (Å²) < 4.78 is 0. The Bertz CT molecular complexity index is 457. The summed E-state index contributed by atoms with van der Waals surface area (Å²) in [6, 6.07) is 0. The molecule has 0 spiro atoms. The third-order valence-electron chi connectivity index (χ3n) is 5.30. The molecule has 1 saturated heterocycles. The summed E-state index contributed by atoms with van der Waals surface area (Å²) in [5, 5.41) is 6.05. The van der Waals surface area contributed by atoms with Gasteiger partial charge < -0.3 is 0 Å². The van der Waals surface area contributed by atoms with E-state index in [9.17, 15) is 4.79 Å². The number of hydrogen-bond donors (Lipinski definition) is 0. The maximum Gasteiger partial charge on any atom is 0.252 e. The second-order valence-electron chi connectivity index (χ2n) is 7.63. The normalized spacial score (nSPS) is 32.3. The highest BCUT2D eigenvalue weighted by Crippen LogP contribution is 2.46. The minimum Gasteiger partial charge on any atom is -0.284 e. The fourth-order valence-electron chi connectivity index (χ4n) is 3.98. The number of carbonyl (C=O) groups is 1. The van der Waals surface area contributed by atoms with Gasteiger partial charge in [0, 0.05) is 24.9 Å². The molecule has 2 atom stereocenters. The van der Waals surface area contributed by atoms with E-state index in [-0.39, 0.29) is 11.8 Å². The molecule has 0 aromatic carbocycles. The molecule has 1 aliphatic carbocycles. The van der Waals surface area contributed by atoms with Gasteiger partial charge in [-0.05, 0) is 44.4 Å². The summed E-state index contributed by atoms with van der Waals surface area (Å²) >= 11 is 1.86. The second kappa shape index (κ2) is 6.52. The van der Waals surface area contributed by atoms with Crippen LogP contribution in [-0.2, 0) is 4.79 Å². The molecule has 0 bridgehead atoms. The van der Waals surface area contributed by atoms with Crippen molar-refractivity contribution in [1.82, 2.24) is 10.0 Å². The highest BCUT2D eigenvalue weighted by Gasteiger charge is 2.43. The number of carbonyl (C=O) groups excluding carboxylic acids is 1. The van der Waals surface area contributed by atoms with Crippen LogP contribution in [-0.4, -0.2) is 46.0 Å². The molecular weight excluding hydrogens is 294 g/mol. The lowest BCUT2D eigenvalue weighted by Crippen LogP contribution is -2.50. The van der Waals surface area contributed by atoms with E-state index >= 15 is 0 Å². The molecule has 1 saturated carbocycles. The van der Waals surface area contributed by atoms with Crippen molar-refractivity contribution in [2.24, 2.45) is 16.3 Å². The standard InChI is InChI=1S/C17H29N3OS/c1-4-20(19-10-6-5-7-11-19)16-18-15(21)13-12-17(2,3)9-8-14(13)22-16/h13-14H,4-12H2,1-3H3. The Hall–Kier alpha value is -0.550. The van der Waals surface area contributed by atoms with Gasteiger partial charge in [-0.3, -0.25) is 9.80 Å². The lowest BCUT2D eigenvalue weighted by Gasteiger charge is -2.44. The van der Waals surface area contributed by atoms with E-state index in [0.717, 1.165) is 37.6 Å². The average Bonchev–Trinajstić information content (AvgIpc) is 2.50. The summed E-state index contributed by atoms with van der Waals surface area (Å²) in [6.07, 6.45) is 7.19. The zero-order chi connectivity index (χ0) is 15.7. The number of piperidine rings is 1. The number of hydrazine groups is 1. The predicted molar refractivity (Wildman–Crippen MR) is 92.7 cm³/mol. The molecule has 3 aliphatic rings. The molecule has 22 heavy (non-hydrogen) atoms. The monoisotopic (exact) mass is 323 g/mol. The first kappa shape index (κ1) is 16.3. The van der Waals surface area contributed by atoms with Crippen molar-refractivity contribution in [3.05, 3.63) is 0 Å². The van der Waals surface area contributed by atoms with Gasteiger partial charge in [-0.2, -0.15) is 4.99 Å². The fraction of sp³-hybridized carbons (Fsp3) is 0.882. The van der Waals surface area contributed by atoms with Crippen LogP contribution in [0.15, 0.2) is 4.99 Å². The molecule has 0 aromatic heterocycles. The Morgan fingerprint density at radius 3 is 2.73 bits per heavy atom. The lowest BCUT2D eigenvalue weighted by molar-refractivity contribution is -0.123. The number of hydrogen-bond acceptors (Lipinski definition) is 4. The Kier molecular flexibility index (Phi) is 4.83. The maximum absolute atomic E-state index is 12.6. The quantitative estimate of drug-likeness (QED) is 0.779. The minimum atomic E-state index is 0.127. The van der Waals surface area contributed by atoms with Crippen LogP contribution >= 0.6 is 11.8 Å². The van der Waals surface area contributed by atoms with E-state index < -0.39 is 0 Å². The fourth-order valence-corrected chi connectivity index (χ4v) is 5.38. The molecule has 2 unspecified atom stereocenters. The molecular formula is C17H29N3OS. The van der Waals surface area contributed by atoms with Gasteiger partial charge in [-0.25, -0.2) is 5.01 Å². The first-order valence-corrected chi connectivity index (χ1v) is 9.70. The molecule has 0 aromatic rings. The Morgan fingerprint density at radius 1 is 1.32 bits per heavy atom. The first-order chi connectivity index (χ1) is 10.5. The van der Waals surface area contributed by atoms with Crippen LogP contribution in [0.1, 0.15) is 59.3 Å². The maximum atomic E-state index is 12.6. The molecule has 0 N–H and O–H groups in total. The van der Waals surface area contributed by atoms with Gasteiger partial charge in [0.05, 0.1) is 5.92 Å². The molecule has 1 amide bonds.